The van der Waals surface area contributed by atoms with Gasteiger partial charge in [-0.3, -0.25) is 0 Å². The number of rotatable bonds is 6. The Morgan fingerprint density at radius 2 is 1.74 bits per heavy atom. The molecule has 4 saturated carbocycles. The van der Waals surface area contributed by atoms with Crippen molar-refractivity contribution in [2.24, 2.45) is 29.6 Å². The zero-order chi connectivity index (χ0) is 18.7. The van der Waals surface area contributed by atoms with E-state index < -0.39 is 0 Å². The van der Waals surface area contributed by atoms with Crippen LogP contribution < -0.4 is 0 Å². The van der Waals surface area contributed by atoms with Crippen molar-refractivity contribution >= 4 is 27.8 Å². The normalized spacial score (nSPS) is 51.7. The van der Waals surface area contributed by atoms with Gasteiger partial charge in [0.05, 0.1) is 0 Å². The molecule has 4 aliphatic carbocycles. The first-order valence-corrected chi connectivity index (χ1v) is 14.1. The number of thioether (sulfide) groups is 1. The molecule has 0 N–H and O–H groups in total. The zero-order valence-electron chi connectivity index (χ0n) is 17.8. The first kappa shape index (κ1) is 19.8. The van der Waals surface area contributed by atoms with Crippen LogP contribution in [0.3, 0.4) is 0 Å². The van der Waals surface area contributed by atoms with Gasteiger partial charge in [0.1, 0.15) is 0 Å². The van der Waals surface area contributed by atoms with Gasteiger partial charge in [0.2, 0.25) is 0 Å². The van der Waals surface area contributed by atoms with E-state index in [2.05, 4.69) is 41.6 Å². The van der Waals surface area contributed by atoms with Gasteiger partial charge in [0, 0.05) is 0 Å². The molecule has 5 aliphatic rings. The van der Waals surface area contributed by atoms with Crippen molar-refractivity contribution in [2.75, 3.05) is 0 Å². The third kappa shape index (κ3) is 2.74. The van der Waals surface area contributed by atoms with Gasteiger partial charge in [-0.05, 0) is 0 Å². The van der Waals surface area contributed by atoms with Crippen molar-refractivity contribution in [2.45, 2.75) is 124 Å². The van der Waals surface area contributed by atoms with Crippen molar-refractivity contribution in [3.8, 4) is 0 Å². The van der Waals surface area contributed by atoms with E-state index in [9.17, 15) is 0 Å². The molecular formula is C25H41SSe. The Balaban J connectivity index is 1.31. The fraction of sp³-hybridized carbons (Fsp3) is 1.00. The van der Waals surface area contributed by atoms with Crippen molar-refractivity contribution in [3.05, 3.63) is 0 Å². The maximum atomic E-state index is 3.88. The fourth-order valence-electron chi connectivity index (χ4n) is 9.01. The van der Waals surface area contributed by atoms with Crippen molar-refractivity contribution < 1.29 is 0 Å². The molecule has 0 aromatic carbocycles. The molecule has 153 valence electrons. The SMILES string of the molecule is CCCCCCC(C)C1CCC2C13CCC1C4([Se])CCCCC4CCC12S3. The third-order valence-electron chi connectivity index (χ3n) is 10.1. The molecule has 1 spiro atoms. The second-order valence-corrected chi connectivity index (χ2v) is 14.4. The van der Waals surface area contributed by atoms with E-state index in [1.165, 1.54) is 57.8 Å². The molecule has 8 atom stereocenters. The molecule has 8 unspecified atom stereocenters. The molecule has 0 aromatic rings. The van der Waals surface area contributed by atoms with Crippen LogP contribution in [0.4, 0.5) is 0 Å². The van der Waals surface area contributed by atoms with Crippen LogP contribution in [0.2, 0.25) is 4.31 Å². The van der Waals surface area contributed by atoms with Crippen LogP contribution >= 0.6 is 11.8 Å². The predicted molar refractivity (Wildman–Crippen MR) is 120 cm³/mol. The summed E-state index contributed by atoms with van der Waals surface area (Å²) < 4.78 is 2.01. The van der Waals surface area contributed by atoms with Gasteiger partial charge in [-0.25, -0.2) is 0 Å². The summed E-state index contributed by atoms with van der Waals surface area (Å²) in [5, 5.41) is 0. The summed E-state index contributed by atoms with van der Waals surface area (Å²) in [6.45, 7) is 4.96. The first-order valence-electron chi connectivity index (χ1n) is 12.5. The molecule has 2 bridgehead atoms. The first-order chi connectivity index (χ1) is 13.1. The molecule has 1 radical (unpaired) electrons. The standard InChI is InChI=1S/C25H41SSe/c1-3-4-5-6-9-18(2)20-11-12-21-23(20)17-14-22-24(21,26-23)16-13-19-10-7-8-15-25(19,22)27/h18-22H,3-17H2,1-2H3. The summed E-state index contributed by atoms with van der Waals surface area (Å²) in [5.74, 6) is 5.14. The Morgan fingerprint density at radius 1 is 0.889 bits per heavy atom. The van der Waals surface area contributed by atoms with Crippen LogP contribution in [0.1, 0.15) is 110 Å². The zero-order valence-corrected chi connectivity index (χ0v) is 20.3. The van der Waals surface area contributed by atoms with E-state index >= 15 is 0 Å². The third-order valence-corrected chi connectivity index (χ3v) is 14.2. The minimum absolute atomic E-state index is 0.583. The quantitative estimate of drug-likeness (QED) is 0.296. The summed E-state index contributed by atoms with van der Waals surface area (Å²) in [4.78, 5) is 0. The summed E-state index contributed by atoms with van der Waals surface area (Å²) in [6, 6.07) is 0. The Kier molecular flexibility index (Phi) is 5.31. The second-order valence-electron chi connectivity index (χ2n) is 11.1. The number of hydrogen-bond donors (Lipinski definition) is 0. The molecule has 0 nitrogen and oxygen atoms in total. The molecule has 5 fully saturated rings. The van der Waals surface area contributed by atoms with E-state index in [1.54, 1.807) is 38.5 Å². The minimum atomic E-state index is 0.583. The molecule has 0 aromatic heterocycles. The number of fused-ring (bicyclic) bond motifs is 2. The van der Waals surface area contributed by atoms with Crippen LogP contribution in [-0.2, 0) is 0 Å². The van der Waals surface area contributed by atoms with Crippen molar-refractivity contribution in [1.29, 1.82) is 0 Å². The molecule has 2 heteroatoms. The summed E-state index contributed by atoms with van der Waals surface area (Å²) in [7, 11) is 0. The molecule has 1 saturated heterocycles. The molecule has 27 heavy (non-hydrogen) atoms. The van der Waals surface area contributed by atoms with Crippen molar-refractivity contribution in [3.63, 3.8) is 0 Å². The van der Waals surface area contributed by atoms with Crippen LogP contribution in [0.25, 0.3) is 0 Å². The van der Waals surface area contributed by atoms with Crippen LogP contribution in [0.15, 0.2) is 0 Å². The summed E-state index contributed by atoms with van der Waals surface area (Å²) in [6.07, 6.45) is 22.7. The topological polar surface area (TPSA) is 0 Å². The van der Waals surface area contributed by atoms with E-state index in [0.29, 0.717) is 9.06 Å². The Bertz CT molecular complexity index is 563. The van der Waals surface area contributed by atoms with Crippen LogP contribution in [0, 0.1) is 29.6 Å². The second kappa shape index (κ2) is 7.23. The van der Waals surface area contributed by atoms with Gasteiger partial charge in [0.15, 0.2) is 0 Å². The average molecular weight is 453 g/mol. The fourth-order valence-corrected chi connectivity index (χ4v) is 13.5. The van der Waals surface area contributed by atoms with Gasteiger partial charge in [-0.1, -0.05) is 6.92 Å². The monoisotopic (exact) mass is 453 g/mol. The van der Waals surface area contributed by atoms with Gasteiger partial charge in [-0.15, -0.1) is 0 Å². The molecule has 1 heterocycles. The maximum absolute atomic E-state index is 3.88. The van der Waals surface area contributed by atoms with Gasteiger partial charge in [-0.2, -0.15) is 0 Å². The summed E-state index contributed by atoms with van der Waals surface area (Å²) in [5.41, 5.74) is 0. The molecule has 5 rings (SSSR count). The Morgan fingerprint density at radius 3 is 2.59 bits per heavy atom. The summed E-state index contributed by atoms with van der Waals surface area (Å²) >= 11 is 6.46. The molecular weight excluding hydrogens is 411 g/mol. The number of hydrogen-bond acceptors (Lipinski definition) is 1. The Hall–Kier alpha value is 0.869. The molecule has 0 amide bonds. The van der Waals surface area contributed by atoms with Crippen LogP contribution in [0.5, 0.6) is 0 Å². The van der Waals surface area contributed by atoms with Gasteiger partial charge < -0.3 is 0 Å². The average Bonchev–Trinajstić information content (AvgIpc) is 2.99. The predicted octanol–water partition coefficient (Wildman–Crippen LogP) is 7.56. The van der Waals surface area contributed by atoms with E-state index in [-0.39, 0.29) is 0 Å². The van der Waals surface area contributed by atoms with Gasteiger partial charge in [0.25, 0.3) is 0 Å². The van der Waals surface area contributed by atoms with Crippen molar-refractivity contribution in [1.82, 2.24) is 0 Å². The van der Waals surface area contributed by atoms with Crippen LogP contribution in [-0.4, -0.2) is 25.5 Å². The molecule has 1 aliphatic heterocycles. The van der Waals surface area contributed by atoms with E-state index in [0.717, 1.165) is 34.3 Å². The van der Waals surface area contributed by atoms with Gasteiger partial charge >= 0.3 is 174 Å². The van der Waals surface area contributed by atoms with E-state index in [4.69, 9.17) is 0 Å². The van der Waals surface area contributed by atoms with E-state index in [1.807, 2.05) is 0 Å². The number of unbranched alkanes of at least 4 members (excludes halogenated alkanes) is 3. The Labute approximate surface area is 181 Å².